The molecule has 1 aliphatic carbocycles. The van der Waals surface area contributed by atoms with Crippen LogP contribution in [0.25, 0.3) is 0 Å². The van der Waals surface area contributed by atoms with Gasteiger partial charge in [-0.25, -0.2) is 4.79 Å². The van der Waals surface area contributed by atoms with Gasteiger partial charge < -0.3 is 14.6 Å². The van der Waals surface area contributed by atoms with Crippen molar-refractivity contribution in [3.63, 3.8) is 0 Å². The Bertz CT molecular complexity index is 949. The van der Waals surface area contributed by atoms with E-state index in [0.717, 1.165) is 35.8 Å². The monoisotopic (exact) mass is 464 g/mol. The number of carbonyl (C=O) groups excluding carboxylic acids is 2. The Morgan fingerprint density at radius 1 is 1.29 bits per heavy atom. The van der Waals surface area contributed by atoms with Crippen molar-refractivity contribution in [3.8, 4) is 0 Å². The number of nitrogens with zero attached hydrogens (tertiary/aromatic N) is 3. The summed E-state index contributed by atoms with van der Waals surface area (Å²) in [7, 11) is 0. The molecule has 9 heteroatoms. The quantitative estimate of drug-likeness (QED) is 0.433. The molecule has 0 aromatic carbocycles. The van der Waals surface area contributed by atoms with Crippen molar-refractivity contribution in [1.29, 1.82) is 0 Å². The van der Waals surface area contributed by atoms with Gasteiger partial charge in [0.05, 0.1) is 17.9 Å². The van der Waals surface area contributed by atoms with Crippen LogP contribution >= 0.6 is 23.1 Å². The smallest absolute Gasteiger partial charge is 0.341 e. The molecule has 2 aromatic heterocycles. The van der Waals surface area contributed by atoms with Crippen molar-refractivity contribution >= 4 is 40.0 Å². The molecular formula is C22H32N4O3S2. The lowest BCUT2D eigenvalue weighted by atomic mass is 9.88. The second kappa shape index (κ2) is 10.2. The highest BCUT2D eigenvalue weighted by Gasteiger charge is 2.29. The summed E-state index contributed by atoms with van der Waals surface area (Å²) in [6, 6.07) is 0.208. The normalized spacial score (nSPS) is 15.9. The number of hydrogen-bond acceptors (Lipinski definition) is 7. The average Bonchev–Trinajstić information content (AvgIpc) is 3.27. The van der Waals surface area contributed by atoms with Crippen molar-refractivity contribution in [1.82, 2.24) is 14.8 Å². The van der Waals surface area contributed by atoms with Crippen molar-refractivity contribution in [2.45, 2.75) is 77.9 Å². The molecule has 1 atom stereocenters. The standard InChI is InChI=1S/C22H32N4O3S2/c1-7-29-21(28)18-15-9-8-14(6)10-16(15)31-20(18)23-17(27)11-30-22-25-24-19(12(2)3)26(22)13(4)5/h12-14H,7-11H2,1-6H3,(H,23,27). The van der Waals surface area contributed by atoms with Gasteiger partial charge in [0.15, 0.2) is 5.16 Å². The van der Waals surface area contributed by atoms with Crippen LogP contribution in [0.2, 0.25) is 0 Å². The van der Waals surface area contributed by atoms with E-state index in [-0.39, 0.29) is 29.6 Å². The SMILES string of the molecule is CCOC(=O)c1c(NC(=O)CSc2nnc(C(C)C)n2C(C)C)sc2c1CCC(C)C2. The van der Waals surface area contributed by atoms with Crippen LogP contribution in [0.5, 0.6) is 0 Å². The third-order valence-corrected chi connectivity index (χ3v) is 7.41. The molecule has 1 unspecified atom stereocenters. The van der Waals surface area contributed by atoms with Gasteiger partial charge in [-0.15, -0.1) is 21.5 Å². The first-order valence-corrected chi connectivity index (χ1v) is 12.7. The first-order valence-electron chi connectivity index (χ1n) is 10.9. The topological polar surface area (TPSA) is 86.1 Å². The van der Waals surface area contributed by atoms with E-state index in [1.807, 2.05) is 0 Å². The zero-order valence-electron chi connectivity index (χ0n) is 19.2. The molecule has 2 aromatic rings. The van der Waals surface area contributed by atoms with Gasteiger partial charge in [-0.1, -0.05) is 32.5 Å². The van der Waals surface area contributed by atoms with E-state index in [2.05, 4.69) is 54.7 Å². The molecule has 1 aliphatic rings. The van der Waals surface area contributed by atoms with E-state index in [1.165, 1.54) is 28.0 Å². The fourth-order valence-electron chi connectivity index (χ4n) is 3.82. The van der Waals surface area contributed by atoms with Gasteiger partial charge in [-0.05, 0) is 51.5 Å². The number of hydrogen-bond donors (Lipinski definition) is 1. The Morgan fingerprint density at radius 2 is 2.03 bits per heavy atom. The number of thioether (sulfide) groups is 1. The molecule has 1 N–H and O–H groups in total. The molecular weight excluding hydrogens is 432 g/mol. The molecule has 0 spiro atoms. The van der Waals surface area contributed by atoms with Crippen molar-refractivity contribution in [3.05, 3.63) is 21.8 Å². The lowest BCUT2D eigenvalue weighted by molar-refractivity contribution is -0.113. The van der Waals surface area contributed by atoms with Crippen LogP contribution in [-0.2, 0) is 22.4 Å². The van der Waals surface area contributed by atoms with Gasteiger partial charge in [-0.2, -0.15) is 0 Å². The molecule has 3 rings (SSSR count). The fourth-order valence-corrected chi connectivity index (χ4v) is 6.11. The molecule has 1 amide bonds. The average molecular weight is 465 g/mol. The highest BCUT2D eigenvalue weighted by molar-refractivity contribution is 7.99. The Hall–Kier alpha value is -1.87. The Labute approximate surface area is 192 Å². The van der Waals surface area contributed by atoms with Crippen molar-refractivity contribution in [2.24, 2.45) is 5.92 Å². The van der Waals surface area contributed by atoms with Gasteiger partial charge in [0.2, 0.25) is 5.91 Å². The second-order valence-corrected chi connectivity index (χ2v) is 10.6. The summed E-state index contributed by atoms with van der Waals surface area (Å²) in [5, 5.41) is 12.9. The second-order valence-electron chi connectivity index (χ2n) is 8.57. The van der Waals surface area contributed by atoms with Crippen LogP contribution < -0.4 is 5.32 Å². The highest BCUT2D eigenvalue weighted by Crippen LogP contribution is 2.40. The molecule has 0 radical (unpaired) electrons. The van der Waals surface area contributed by atoms with E-state index in [4.69, 9.17) is 4.74 Å². The zero-order valence-corrected chi connectivity index (χ0v) is 20.8. The van der Waals surface area contributed by atoms with Crippen LogP contribution in [0.4, 0.5) is 5.00 Å². The molecule has 0 fully saturated rings. The predicted molar refractivity (Wildman–Crippen MR) is 125 cm³/mol. The minimum atomic E-state index is -0.348. The molecule has 170 valence electrons. The molecule has 0 saturated carbocycles. The maximum absolute atomic E-state index is 12.8. The molecule has 0 aliphatic heterocycles. The number of thiophene rings is 1. The minimum Gasteiger partial charge on any atom is -0.462 e. The lowest BCUT2D eigenvalue weighted by Crippen LogP contribution is -2.18. The molecule has 0 saturated heterocycles. The molecule has 0 bridgehead atoms. The molecule has 7 nitrogen and oxygen atoms in total. The number of anilines is 1. The van der Waals surface area contributed by atoms with E-state index < -0.39 is 0 Å². The Kier molecular flexibility index (Phi) is 7.80. The maximum atomic E-state index is 12.8. The number of nitrogens with one attached hydrogen (secondary N) is 1. The van der Waals surface area contributed by atoms with Gasteiger partial charge in [0.1, 0.15) is 10.8 Å². The molecule has 2 heterocycles. The largest absolute Gasteiger partial charge is 0.462 e. The fraction of sp³-hybridized carbons (Fsp3) is 0.636. The van der Waals surface area contributed by atoms with Gasteiger partial charge >= 0.3 is 5.97 Å². The van der Waals surface area contributed by atoms with E-state index >= 15 is 0 Å². The highest BCUT2D eigenvalue weighted by atomic mass is 32.2. The number of esters is 1. The Balaban J connectivity index is 1.76. The summed E-state index contributed by atoms with van der Waals surface area (Å²) in [5.74, 6) is 1.44. The third-order valence-electron chi connectivity index (χ3n) is 5.30. The molecule has 31 heavy (non-hydrogen) atoms. The maximum Gasteiger partial charge on any atom is 0.341 e. The first kappa shape index (κ1) is 23.8. The summed E-state index contributed by atoms with van der Waals surface area (Å²) in [6.07, 6.45) is 2.83. The van der Waals surface area contributed by atoms with Crippen LogP contribution in [-0.4, -0.2) is 39.0 Å². The van der Waals surface area contributed by atoms with Crippen LogP contribution in [0.1, 0.15) is 86.5 Å². The first-order chi connectivity index (χ1) is 14.7. The minimum absolute atomic E-state index is 0.161. The number of amides is 1. The van der Waals surface area contributed by atoms with E-state index in [0.29, 0.717) is 23.1 Å². The summed E-state index contributed by atoms with van der Waals surface area (Å²) in [4.78, 5) is 26.6. The van der Waals surface area contributed by atoms with Crippen LogP contribution in [0.3, 0.4) is 0 Å². The summed E-state index contributed by atoms with van der Waals surface area (Å²) >= 11 is 2.88. The predicted octanol–water partition coefficient (Wildman–Crippen LogP) is 5.08. The lowest BCUT2D eigenvalue weighted by Gasteiger charge is -2.18. The van der Waals surface area contributed by atoms with Gasteiger partial charge in [-0.3, -0.25) is 4.79 Å². The van der Waals surface area contributed by atoms with E-state index in [9.17, 15) is 9.59 Å². The number of rotatable bonds is 8. The van der Waals surface area contributed by atoms with Gasteiger partial charge in [0.25, 0.3) is 0 Å². The number of fused-ring (bicyclic) bond motifs is 1. The summed E-state index contributed by atoms with van der Waals surface area (Å²) in [5.41, 5.74) is 1.59. The number of ether oxygens (including phenoxy) is 1. The van der Waals surface area contributed by atoms with Crippen molar-refractivity contribution in [2.75, 3.05) is 17.7 Å². The third kappa shape index (κ3) is 5.31. The number of aromatic nitrogens is 3. The van der Waals surface area contributed by atoms with E-state index in [1.54, 1.807) is 6.92 Å². The zero-order chi connectivity index (χ0) is 22.7. The summed E-state index contributed by atoms with van der Waals surface area (Å²) in [6.45, 7) is 12.7. The van der Waals surface area contributed by atoms with Crippen LogP contribution in [0.15, 0.2) is 5.16 Å². The van der Waals surface area contributed by atoms with Crippen LogP contribution in [0, 0.1) is 5.92 Å². The Morgan fingerprint density at radius 3 is 2.68 bits per heavy atom. The number of carbonyl (C=O) groups is 2. The summed E-state index contributed by atoms with van der Waals surface area (Å²) < 4.78 is 7.37. The van der Waals surface area contributed by atoms with Gasteiger partial charge in [0, 0.05) is 16.8 Å². The van der Waals surface area contributed by atoms with Crippen molar-refractivity contribution < 1.29 is 14.3 Å².